The van der Waals surface area contributed by atoms with Crippen LogP contribution in [0, 0.1) is 5.21 Å². The normalized spacial score (nSPS) is 11.6. The molecule has 0 saturated carbocycles. The Hall–Kier alpha value is -1.80. The van der Waals surface area contributed by atoms with Crippen molar-refractivity contribution in [3.05, 3.63) is 69.9 Å². The first kappa shape index (κ1) is 12.7. The highest BCUT2D eigenvalue weighted by Gasteiger charge is 2.09. The molecule has 2 nitrogen and oxygen atoms in total. The fourth-order valence-electron chi connectivity index (χ4n) is 1.80. The summed E-state index contributed by atoms with van der Waals surface area (Å²) in [6.45, 7) is 2.01. The maximum Gasteiger partial charge on any atom is 0.219 e. The molecule has 18 heavy (non-hydrogen) atoms. The summed E-state index contributed by atoms with van der Waals surface area (Å²) >= 11 is 5.93. The molecular formula is C15H14ClNO. The highest BCUT2D eigenvalue weighted by atomic mass is 35.5. The number of hydrogen-bond acceptors (Lipinski definition) is 1. The van der Waals surface area contributed by atoms with Crippen LogP contribution in [0.25, 0.3) is 0 Å². The Balaban J connectivity index is 2.40. The minimum atomic E-state index is 0.644. The highest BCUT2D eigenvalue weighted by Crippen LogP contribution is 2.23. The van der Waals surface area contributed by atoms with Gasteiger partial charge in [-0.1, -0.05) is 36.7 Å². The first-order valence-corrected chi connectivity index (χ1v) is 6.23. The zero-order valence-corrected chi connectivity index (χ0v) is 10.9. The Bertz CT molecular complexity index is 564. The molecule has 2 rings (SSSR count). The monoisotopic (exact) mass is 259 g/mol. The van der Waals surface area contributed by atoms with Crippen LogP contribution in [0.4, 0.5) is 5.69 Å². The summed E-state index contributed by atoms with van der Waals surface area (Å²) in [5, 5.41) is 12.8. The predicted octanol–water partition coefficient (Wildman–Crippen LogP) is 4.16. The molecule has 3 heteroatoms. The number of aryl methyl sites for hydroxylation is 1. The van der Waals surface area contributed by atoms with Crippen LogP contribution in [0.1, 0.15) is 18.1 Å². The average molecular weight is 260 g/mol. The lowest BCUT2D eigenvalue weighted by molar-refractivity contribution is -0.355. The van der Waals surface area contributed by atoms with Gasteiger partial charge in [-0.2, -0.15) is 4.74 Å². The topological polar surface area (TPSA) is 26.1 Å². The van der Waals surface area contributed by atoms with Crippen molar-refractivity contribution in [2.45, 2.75) is 13.3 Å². The molecule has 0 aliphatic rings. The van der Waals surface area contributed by atoms with Crippen LogP contribution in [-0.2, 0) is 6.42 Å². The SMILES string of the molecule is CCc1cc(Cl)ccc1[N+]([O-])=Cc1ccccc1. The van der Waals surface area contributed by atoms with Gasteiger partial charge in [0.2, 0.25) is 5.69 Å². The van der Waals surface area contributed by atoms with Crippen molar-refractivity contribution in [3.8, 4) is 0 Å². The molecule has 92 valence electrons. The molecule has 0 spiro atoms. The molecule has 0 atom stereocenters. The Morgan fingerprint density at radius 2 is 1.89 bits per heavy atom. The highest BCUT2D eigenvalue weighted by molar-refractivity contribution is 6.30. The molecule has 0 heterocycles. The Labute approximate surface area is 112 Å². The first-order chi connectivity index (χ1) is 8.70. The van der Waals surface area contributed by atoms with E-state index < -0.39 is 0 Å². The molecule has 0 unspecified atom stereocenters. The van der Waals surface area contributed by atoms with Crippen LogP contribution >= 0.6 is 11.6 Å². The van der Waals surface area contributed by atoms with E-state index in [1.807, 2.05) is 43.3 Å². The lowest BCUT2D eigenvalue weighted by Crippen LogP contribution is -2.01. The van der Waals surface area contributed by atoms with Crippen molar-refractivity contribution in [3.63, 3.8) is 0 Å². The van der Waals surface area contributed by atoms with Gasteiger partial charge in [0, 0.05) is 22.2 Å². The van der Waals surface area contributed by atoms with Crippen molar-refractivity contribution in [2.75, 3.05) is 0 Å². The maximum absolute atomic E-state index is 12.1. The van der Waals surface area contributed by atoms with E-state index in [9.17, 15) is 5.21 Å². The van der Waals surface area contributed by atoms with Gasteiger partial charge in [0.1, 0.15) is 0 Å². The zero-order valence-electron chi connectivity index (χ0n) is 10.1. The molecule has 0 bridgehead atoms. The van der Waals surface area contributed by atoms with Crippen LogP contribution in [0.5, 0.6) is 0 Å². The molecule has 0 fully saturated rings. The Kier molecular flexibility index (Phi) is 4.00. The van der Waals surface area contributed by atoms with Crippen molar-refractivity contribution in [1.29, 1.82) is 0 Å². The third-order valence-corrected chi connectivity index (χ3v) is 2.96. The van der Waals surface area contributed by atoms with E-state index in [2.05, 4.69) is 0 Å². The molecule has 0 saturated heterocycles. The predicted molar refractivity (Wildman–Crippen MR) is 75.7 cm³/mol. The zero-order chi connectivity index (χ0) is 13.0. The number of nitrogens with zero attached hydrogens (tertiary/aromatic N) is 1. The van der Waals surface area contributed by atoms with Gasteiger partial charge in [-0.3, -0.25) is 0 Å². The Morgan fingerprint density at radius 1 is 1.17 bits per heavy atom. The van der Waals surface area contributed by atoms with Crippen molar-refractivity contribution in [2.24, 2.45) is 0 Å². The smallest absolute Gasteiger partial charge is 0.219 e. The molecule has 2 aromatic rings. The summed E-state index contributed by atoms with van der Waals surface area (Å²) in [5.41, 5.74) is 2.47. The number of rotatable bonds is 3. The lowest BCUT2D eigenvalue weighted by Gasteiger charge is -2.07. The van der Waals surface area contributed by atoms with E-state index >= 15 is 0 Å². The summed E-state index contributed by atoms with van der Waals surface area (Å²) in [6.07, 6.45) is 2.35. The van der Waals surface area contributed by atoms with Crippen LogP contribution < -0.4 is 0 Å². The van der Waals surface area contributed by atoms with Gasteiger partial charge < -0.3 is 5.21 Å². The maximum atomic E-state index is 12.1. The van der Waals surface area contributed by atoms with E-state index in [0.717, 1.165) is 22.3 Å². The third kappa shape index (κ3) is 2.90. The van der Waals surface area contributed by atoms with Crippen LogP contribution in [0.2, 0.25) is 5.02 Å². The average Bonchev–Trinajstić information content (AvgIpc) is 2.39. The summed E-state index contributed by atoms with van der Waals surface area (Å²) < 4.78 is 0.893. The largest absolute Gasteiger partial charge is 0.618 e. The number of hydrogen-bond donors (Lipinski definition) is 0. The van der Waals surface area contributed by atoms with Gasteiger partial charge in [-0.05, 0) is 30.7 Å². The fourth-order valence-corrected chi connectivity index (χ4v) is 1.99. The second kappa shape index (κ2) is 5.69. The summed E-state index contributed by atoms with van der Waals surface area (Å²) in [6, 6.07) is 14.9. The number of benzene rings is 2. The van der Waals surface area contributed by atoms with Gasteiger partial charge in [0.15, 0.2) is 6.21 Å². The minimum Gasteiger partial charge on any atom is -0.618 e. The molecule has 0 aromatic heterocycles. The van der Waals surface area contributed by atoms with E-state index in [1.165, 1.54) is 0 Å². The molecule has 0 radical (unpaired) electrons. The van der Waals surface area contributed by atoms with Crippen molar-refractivity contribution in [1.82, 2.24) is 0 Å². The molecule has 0 aliphatic heterocycles. The lowest BCUT2D eigenvalue weighted by atomic mass is 10.1. The van der Waals surface area contributed by atoms with Crippen LogP contribution in [0.15, 0.2) is 48.5 Å². The molecule has 0 N–H and O–H groups in total. The number of halogens is 1. The third-order valence-electron chi connectivity index (χ3n) is 2.73. The quantitative estimate of drug-likeness (QED) is 0.352. The summed E-state index contributed by atoms with van der Waals surface area (Å²) in [5.74, 6) is 0. The van der Waals surface area contributed by atoms with Crippen molar-refractivity contribution < 1.29 is 4.74 Å². The summed E-state index contributed by atoms with van der Waals surface area (Å²) in [4.78, 5) is 0. The standard InChI is InChI=1S/C15H14ClNO/c1-2-13-10-14(16)8-9-15(13)17(18)11-12-6-4-3-5-7-12/h3-11H,2H2,1H3. The second-order valence-corrected chi connectivity index (χ2v) is 4.43. The van der Waals surface area contributed by atoms with E-state index in [1.54, 1.807) is 18.3 Å². The van der Waals surface area contributed by atoms with Gasteiger partial charge in [0.25, 0.3) is 0 Å². The van der Waals surface area contributed by atoms with Gasteiger partial charge in [-0.25, -0.2) is 0 Å². The second-order valence-electron chi connectivity index (χ2n) is 3.99. The molecule has 0 aliphatic carbocycles. The molecule has 2 aromatic carbocycles. The van der Waals surface area contributed by atoms with Crippen molar-refractivity contribution >= 4 is 23.5 Å². The molecular weight excluding hydrogens is 246 g/mol. The van der Waals surface area contributed by atoms with E-state index in [0.29, 0.717) is 10.7 Å². The molecule has 0 amide bonds. The Morgan fingerprint density at radius 3 is 2.56 bits per heavy atom. The van der Waals surface area contributed by atoms with Crippen LogP contribution in [-0.4, -0.2) is 11.0 Å². The van der Waals surface area contributed by atoms with Crippen LogP contribution in [0.3, 0.4) is 0 Å². The first-order valence-electron chi connectivity index (χ1n) is 5.85. The summed E-state index contributed by atoms with van der Waals surface area (Å²) in [7, 11) is 0. The minimum absolute atomic E-state index is 0.644. The fraction of sp³-hybridized carbons (Fsp3) is 0.133. The van der Waals surface area contributed by atoms with E-state index in [-0.39, 0.29) is 0 Å². The van der Waals surface area contributed by atoms with Gasteiger partial charge in [-0.15, -0.1) is 0 Å². The van der Waals surface area contributed by atoms with E-state index in [4.69, 9.17) is 11.6 Å². The van der Waals surface area contributed by atoms with Gasteiger partial charge in [0.05, 0.1) is 0 Å². The van der Waals surface area contributed by atoms with Gasteiger partial charge >= 0.3 is 0 Å².